The van der Waals surface area contributed by atoms with Gasteiger partial charge >= 0.3 is 24.5 Å². The second-order valence-corrected chi connectivity index (χ2v) is 14.4. The number of benzene rings is 2. The molecule has 0 saturated carbocycles. The van der Waals surface area contributed by atoms with Crippen LogP contribution in [0.2, 0.25) is 0 Å². The van der Waals surface area contributed by atoms with Crippen molar-refractivity contribution in [2.24, 2.45) is 0 Å². The minimum Gasteiger partial charge on any atom is -0.455 e. The van der Waals surface area contributed by atoms with Gasteiger partial charge in [0.1, 0.15) is 54.5 Å². The van der Waals surface area contributed by atoms with Crippen molar-refractivity contribution < 1.29 is 14.5 Å². The zero-order valence-corrected chi connectivity index (χ0v) is 27.5. The maximum atomic E-state index is 5.83. The van der Waals surface area contributed by atoms with Crippen molar-refractivity contribution in [1.82, 2.24) is 0 Å². The average Bonchev–Trinajstić information content (AvgIpc) is 2.63. The van der Waals surface area contributed by atoms with E-state index in [9.17, 15) is 0 Å². The molecule has 0 fully saturated rings. The van der Waals surface area contributed by atoms with Crippen molar-refractivity contribution in [2.75, 3.05) is 6.66 Å². The van der Waals surface area contributed by atoms with E-state index in [0.717, 1.165) is 11.9 Å². The molecule has 2 aromatic rings. The highest BCUT2D eigenvalue weighted by molar-refractivity contribution is 14.1. The summed E-state index contributed by atoms with van der Waals surface area (Å²) in [5.41, 5.74) is 3.63. The third-order valence-electron chi connectivity index (χ3n) is 3.17. The van der Waals surface area contributed by atoms with Gasteiger partial charge in [0.2, 0.25) is 8.38 Å². The van der Waals surface area contributed by atoms with Crippen LogP contribution in [-0.2, 0) is 16.2 Å². The Balaban J connectivity index is 0.00000338. The van der Waals surface area contributed by atoms with Gasteiger partial charge in [-0.1, -0.05) is 36.4 Å². The molecule has 0 aromatic heterocycles. The molecule has 0 N–H and O–H groups in total. The Labute approximate surface area is 217 Å². The zero-order valence-electron chi connectivity index (χ0n) is 14.4. The van der Waals surface area contributed by atoms with Crippen molar-refractivity contribution in [2.45, 2.75) is 6.16 Å². The maximum absolute atomic E-state index is 5.83. The first-order valence-corrected chi connectivity index (χ1v) is 22.5. The first-order valence-electron chi connectivity index (χ1n) is 7.21. The van der Waals surface area contributed by atoms with Crippen molar-refractivity contribution >= 4 is 122 Å². The van der Waals surface area contributed by atoms with Crippen LogP contribution in [0.4, 0.5) is 0 Å². The number of hydrogen-bond acceptors (Lipinski definition) is 4. The third kappa shape index (κ3) is 9.72. The molecule has 2 aromatic carbocycles. The Kier molecular flexibility index (Phi) is 16.0. The highest BCUT2D eigenvalue weighted by atomic mass is 127. The smallest absolute Gasteiger partial charge is 0.455 e. The molecule has 1 atom stereocenters. The van der Waals surface area contributed by atoms with Gasteiger partial charge in [0.25, 0.3) is 0 Å². The summed E-state index contributed by atoms with van der Waals surface area (Å²) in [5, 5.41) is 0. The molecular weight excluding hydrogens is 756 g/mol. The lowest BCUT2D eigenvalue weighted by atomic mass is 10.0. The van der Waals surface area contributed by atoms with E-state index >= 15 is 0 Å². The second kappa shape index (κ2) is 15.6. The van der Waals surface area contributed by atoms with Gasteiger partial charge in [-0.15, -0.1) is 0 Å². The molecule has 0 saturated heterocycles. The van der Waals surface area contributed by atoms with Crippen LogP contribution in [0, 0.1) is 0 Å². The first-order chi connectivity index (χ1) is 12.2. The largest absolute Gasteiger partial charge is 0.530 e. The van der Waals surface area contributed by atoms with Crippen LogP contribution >= 0.6 is 80.3 Å². The van der Waals surface area contributed by atoms with Gasteiger partial charge in [-0.2, -0.15) is 40.5 Å². The summed E-state index contributed by atoms with van der Waals surface area (Å²) in [7, 11) is -1.60. The molecule has 0 bridgehead atoms. The van der Waals surface area contributed by atoms with Crippen LogP contribution in [0.1, 0.15) is 5.56 Å². The normalized spacial score (nSPS) is 11.6. The molecule has 0 amide bonds. The first kappa shape index (κ1) is 26.8. The zero-order chi connectivity index (χ0) is 18.1. The molecule has 0 aliphatic rings. The Morgan fingerprint density at radius 1 is 0.885 bits per heavy atom. The van der Waals surface area contributed by atoms with E-state index in [0.29, 0.717) is 0 Å². The molecule has 0 spiro atoms. The molecule has 2 rings (SSSR count). The Morgan fingerprint density at radius 2 is 1.38 bits per heavy atom. The maximum Gasteiger partial charge on any atom is 0.530 e. The van der Waals surface area contributed by atoms with E-state index in [1.165, 1.54) is 16.7 Å². The monoisotopic (exact) mass is 773 g/mol. The second-order valence-electron chi connectivity index (χ2n) is 4.79. The fourth-order valence-electron chi connectivity index (χ4n) is 2.06. The van der Waals surface area contributed by atoms with Crippen molar-refractivity contribution in [1.29, 1.82) is 0 Å². The van der Waals surface area contributed by atoms with E-state index < -0.39 is 41.3 Å². The molecule has 12 heteroatoms. The van der Waals surface area contributed by atoms with Crippen LogP contribution in [0.25, 0.3) is 11.1 Å². The molecule has 26 heavy (non-hydrogen) atoms. The lowest BCUT2D eigenvalue weighted by Crippen LogP contribution is -1.95. The lowest BCUT2D eigenvalue weighted by molar-refractivity contribution is 0.542. The predicted octanol–water partition coefficient (Wildman–Crippen LogP) is 5.37. The standard InChI is InChI=1S/C14H13IO4P2.3Al.2HI.4H/c1-20(19-15)18-14-8-6-13(7-9-14)12-4-2-11(3-5-12)10-21(16)17;;;;;;;;;/h2-9H,10H2,1H3;;;;2*1H;;;;/q-2;;2*+2;;;;;;/p-2. The highest BCUT2D eigenvalue weighted by Crippen LogP contribution is 2.42. The fourth-order valence-corrected chi connectivity index (χ4v) is 11.4. The molecule has 0 aliphatic carbocycles. The summed E-state index contributed by atoms with van der Waals surface area (Å²) in [4.78, 5) is 0. The number of rotatable bonds is 10. The van der Waals surface area contributed by atoms with Gasteiger partial charge in [-0.25, -0.2) is 0 Å². The predicted molar refractivity (Wildman–Crippen MR) is 144 cm³/mol. The Bertz CT molecular complexity index is 634. The van der Waals surface area contributed by atoms with Gasteiger partial charge in [-0.05, 0) is 28.8 Å². The number of halogens is 3. The van der Waals surface area contributed by atoms with Crippen LogP contribution in [0.3, 0.4) is 0 Å². The summed E-state index contributed by atoms with van der Waals surface area (Å²) >= 11 is 5.66. The fraction of sp³-hybridized carbons (Fsp3) is 0.143. The van der Waals surface area contributed by atoms with Gasteiger partial charge in [0, 0.05) is 12.8 Å². The van der Waals surface area contributed by atoms with Crippen molar-refractivity contribution in [3.05, 3.63) is 54.1 Å². The summed E-state index contributed by atoms with van der Waals surface area (Å²) in [6, 6.07) is 16.8. The molecule has 1 radical (unpaired) electrons. The summed E-state index contributed by atoms with van der Waals surface area (Å²) in [6.07, 6.45) is 0.880. The van der Waals surface area contributed by atoms with Crippen LogP contribution in [-0.4, -0.2) is 48.6 Å². The van der Waals surface area contributed by atoms with E-state index in [4.69, 9.17) is 14.5 Å². The van der Waals surface area contributed by atoms with Gasteiger partial charge in [-0.3, -0.25) is 2.85 Å². The number of hydrogen-bond donors (Lipinski definition) is 0. The van der Waals surface area contributed by atoms with Crippen molar-refractivity contribution in [3.63, 3.8) is 0 Å². The summed E-state index contributed by atoms with van der Waals surface area (Å²) < 4.78 is 22.5. The SMILES string of the molecule is CP(OI)Oc1ccc(-c2ccc(CP([O][AlH][I])[O][AlH][I])cc2)cc1.[AlH2]. The van der Waals surface area contributed by atoms with Gasteiger partial charge < -0.3 is 11.7 Å². The minimum atomic E-state index is -0.869. The molecule has 0 heterocycles. The van der Waals surface area contributed by atoms with Crippen LogP contribution in [0.5, 0.6) is 5.75 Å². The van der Waals surface area contributed by atoms with E-state index in [1.807, 2.05) is 41.8 Å². The van der Waals surface area contributed by atoms with Gasteiger partial charge in [0.15, 0.2) is 0 Å². The lowest BCUT2D eigenvalue weighted by Gasteiger charge is -2.17. The third-order valence-corrected chi connectivity index (χ3v) is 14.2. The molecular formula is C14H17Al3I3O4P2. The molecule has 137 valence electrons. The van der Waals surface area contributed by atoms with E-state index in [-0.39, 0.29) is 17.4 Å². The average molecular weight is 773 g/mol. The van der Waals surface area contributed by atoms with Crippen molar-refractivity contribution in [3.8, 4) is 16.9 Å². The van der Waals surface area contributed by atoms with E-state index in [2.05, 4.69) is 76.9 Å². The van der Waals surface area contributed by atoms with Crippen LogP contribution < -0.4 is 4.52 Å². The summed E-state index contributed by atoms with van der Waals surface area (Å²) in [5.74, 6) is 0.830. The Hall–Kier alpha value is 2.77. The quantitative estimate of drug-likeness (QED) is 0.185. The van der Waals surface area contributed by atoms with Crippen LogP contribution in [0.15, 0.2) is 48.5 Å². The summed E-state index contributed by atoms with van der Waals surface area (Å²) in [6.45, 7) is 1.93. The van der Waals surface area contributed by atoms with Gasteiger partial charge in [0.05, 0.1) is 0 Å². The highest BCUT2D eigenvalue weighted by Gasteiger charge is 2.11. The minimum absolute atomic E-state index is 0. The Morgan fingerprint density at radius 3 is 1.85 bits per heavy atom. The molecule has 0 aliphatic heterocycles. The molecule has 4 nitrogen and oxygen atoms in total. The topological polar surface area (TPSA) is 36.9 Å². The van der Waals surface area contributed by atoms with E-state index in [1.54, 1.807) is 0 Å². The molecule has 1 unspecified atom stereocenters.